The lowest BCUT2D eigenvalue weighted by molar-refractivity contribution is -0.127. The molecule has 3 amide bonds. The first kappa shape index (κ1) is 18.9. The van der Waals surface area contributed by atoms with E-state index in [9.17, 15) is 23.9 Å². The van der Waals surface area contributed by atoms with Crippen molar-refractivity contribution >= 4 is 52.2 Å². The highest BCUT2D eigenvalue weighted by Crippen LogP contribution is 2.32. The van der Waals surface area contributed by atoms with Crippen LogP contribution < -0.4 is 5.32 Å². The largest absolute Gasteiger partial charge is 0.508 e. The monoisotopic (exact) mass is 406 g/mol. The van der Waals surface area contributed by atoms with Gasteiger partial charge < -0.3 is 10.4 Å². The van der Waals surface area contributed by atoms with Crippen LogP contribution in [0.5, 0.6) is 5.75 Å². The lowest BCUT2D eigenvalue weighted by Gasteiger charge is -2.12. The van der Waals surface area contributed by atoms with Crippen molar-refractivity contribution in [3.63, 3.8) is 0 Å². The molecule has 6 nitrogen and oxygen atoms in total. The molecule has 9 heteroatoms. The average Bonchev–Trinajstić information content (AvgIpc) is 2.87. The summed E-state index contributed by atoms with van der Waals surface area (Å²) in [5, 5.41) is 11.0. The first-order valence-corrected chi connectivity index (χ1v) is 8.82. The maximum absolute atomic E-state index is 13.1. The number of halogens is 2. The third kappa shape index (κ3) is 4.47. The van der Waals surface area contributed by atoms with Crippen LogP contribution in [0.1, 0.15) is 5.56 Å². The fourth-order valence-electron chi connectivity index (χ4n) is 2.28. The molecule has 0 aromatic heterocycles. The minimum Gasteiger partial charge on any atom is -0.508 e. The maximum atomic E-state index is 13.1. The van der Waals surface area contributed by atoms with Crippen LogP contribution >= 0.6 is 23.4 Å². The maximum Gasteiger partial charge on any atom is 0.294 e. The minimum absolute atomic E-state index is 0.0813. The van der Waals surface area contributed by atoms with Gasteiger partial charge in [0.05, 0.1) is 9.93 Å². The molecule has 3 rings (SSSR count). The predicted molar refractivity (Wildman–Crippen MR) is 101 cm³/mol. The summed E-state index contributed by atoms with van der Waals surface area (Å²) >= 11 is 6.37. The number of aromatic hydroxyl groups is 1. The lowest BCUT2D eigenvalue weighted by Crippen LogP contribution is -2.36. The highest BCUT2D eigenvalue weighted by molar-refractivity contribution is 8.18. The smallest absolute Gasteiger partial charge is 0.294 e. The van der Waals surface area contributed by atoms with Gasteiger partial charge in [-0.3, -0.25) is 19.3 Å². The van der Waals surface area contributed by atoms with Crippen LogP contribution in [0.2, 0.25) is 5.02 Å². The van der Waals surface area contributed by atoms with Crippen LogP contribution in [-0.2, 0) is 9.59 Å². The van der Waals surface area contributed by atoms with Crippen LogP contribution in [0.25, 0.3) is 6.08 Å². The molecular formula is C18H12ClFN2O4S. The zero-order valence-electron chi connectivity index (χ0n) is 13.6. The quantitative estimate of drug-likeness (QED) is 0.753. The topological polar surface area (TPSA) is 86.7 Å². The fraction of sp³-hybridized carbons (Fsp3) is 0.0556. The van der Waals surface area contributed by atoms with Gasteiger partial charge in [0.15, 0.2) is 0 Å². The second kappa shape index (κ2) is 7.81. The zero-order chi connectivity index (χ0) is 19.6. The van der Waals surface area contributed by atoms with Crippen molar-refractivity contribution in [1.29, 1.82) is 0 Å². The molecule has 1 aliphatic heterocycles. The molecule has 1 aliphatic rings. The molecular weight excluding hydrogens is 395 g/mol. The van der Waals surface area contributed by atoms with Crippen LogP contribution in [0.3, 0.4) is 0 Å². The van der Waals surface area contributed by atoms with E-state index in [4.69, 9.17) is 11.6 Å². The number of rotatable bonds is 4. The van der Waals surface area contributed by atoms with Gasteiger partial charge in [0, 0.05) is 5.69 Å². The Labute approximate surface area is 162 Å². The van der Waals surface area contributed by atoms with Crippen molar-refractivity contribution in [2.24, 2.45) is 0 Å². The minimum atomic E-state index is -0.625. The third-order valence-corrected chi connectivity index (χ3v) is 4.77. The Morgan fingerprint density at radius 2 is 1.93 bits per heavy atom. The number of phenols is 1. The SMILES string of the molecule is O=C(CN1C(=O)S/C(=C\c2ccc(O)cc2)C1=O)Nc1ccc(F)c(Cl)c1. The van der Waals surface area contributed by atoms with E-state index in [0.717, 1.165) is 22.7 Å². The lowest BCUT2D eigenvalue weighted by atomic mass is 10.2. The summed E-state index contributed by atoms with van der Waals surface area (Å²) in [5.41, 5.74) is 0.877. The number of thioether (sulfide) groups is 1. The van der Waals surface area contributed by atoms with Gasteiger partial charge in [-0.1, -0.05) is 23.7 Å². The summed E-state index contributed by atoms with van der Waals surface area (Å²) in [6.07, 6.45) is 1.50. The van der Waals surface area contributed by atoms with Crippen LogP contribution in [0, 0.1) is 5.82 Å². The standard InChI is InChI=1S/C18H12ClFN2O4S/c19-13-8-11(3-6-14(13)20)21-16(24)9-22-17(25)15(27-18(22)26)7-10-1-4-12(23)5-2-10/h1-8,23H,9H2,(H,21,24)/b15-7-. The number of carbonyl (C=O) groups is 3. The normalized spacial score (nSPS) is 15.5. The molecule has 1 fully saturated rings. The highest BCUT2D eigenvalue weighted by Gasteiger charge is 2.36. The van der Waals surface area contributed by atoms with E-state index in [1.54, 1.807) is 12.1 Å². The second-order valence-electron chi connectivity index (χ2n) is 5.54. The van der Waals surface area contributed by atoms with E-state index in [1.807, 2.05) is 0 Å². The molecule has 27 heavy (non-hydrogen) atoms. The number of benzene rings is 2. The first-order valence-electron chi connectivity index (χ1n) is 7.63. The van der Waals surface area contributed by atoms with Crippen LogP contribution in [-0.4, -0.2) is 33.6 Å². The van der Waals surface area contributed by atoms with Gasteiger partial charge in [-0.25, -0.2) is 4.39 Å². The first-order chi connectivity index (χ1) is 12.8. The number of imide groups is 1. The Kier molecular flexibility index (Phi) is 5.48. The van der Waals surface area contributed by atoms with Crippen molar-refractivity contribution in [3.05, 3.63) is 63.8 Å². The summed E-state index contributed by atoms with van der Waals surface area (Å²) in [5.74, 6) is -1.76. The number of amides is 3. The van der Waals surface area contributed by atoms with E-state index >= 15 is 0 Å². The summed E-state index contributed by atoms with van der Waals surface area (Å²) in [6.45, 7) is -0.480. The van der Waals surface area contributed by atoms with E-state index in [1.165, 1.54) is 30.3 Å². The number of carbonyl (C=O) groups excluding carboxylic acids is 3. The van der Waals surface area contributed by atoms with Gasteiger partial charge in [-0.05, 0) is 53.7 Å². The Morgan fingerprint density at radius 3 is 2.59 bits per heavy atom. The van der Waals surface area contributed by atoms with Crippen LogP contribution in [0.4, 0.5) is 14.9 Å². The van der Waals surface area contributed by atoms with Crippen molar-refractivity contribution in [3.8, 4) is 5.75 Å². The van der Waals surface area contributed by atoms with Gasteiger partial charge in [-0.15, -0.1) is 0 Å². The summed E-state index contributed by atoms with van der Waals surface area (Å²) in [4.78, 5) is 37.5. The molecule has 138 valence electrons. The van der Waals surface area contributed by atoms with E-state index in [2.05, 4.69) is 5.32 Å². The predicted octanol–water partition coefficient (Wildman–Crippen LogP) is 3.86. The number of anilines is 1. The molecule has 0 aliphatic carbocycles. The average molecular weight is 407 g/mol. The molecule has 2 aromatic rings. The number of hydrogen-bond acceptors (Lipinski definition) is 5. The van der Waals surface area contributed by atoms with E-state index in [0.29, 0.717) is 5.56 Å². The molecule has 0 saturated carbocycles. The van der Waals surface area contributed by atoms with Gasteiger partial charge in [-0.2, -0.15) is 0 Å². The van der Waals surface area contributed by atoms with Crippen molar-refractivity contribution < 1.29 is 23.9 Å². The molecule has 0 bridgehead atoms. The second-order valence-corrected chi connectivity index (χ2v) is 6.94. The molecule has 2 N–H and O–H groups in total. The molecule has 2 aromatic carbocycles. The van der Waals surface area contributed by atoms with Crippen molar-refractivity contribution in [1.82, 2.24) is 4.90 Å². The number of nitrogens with zero attached hydrogens (tertiary/aromatic N) is 1. The molecule has 0 radical (unpaired) electrons. The third-order valence-electron chi connectivity index (χ3n) is 3.57. The van der Waals surface area contributed by atoms with Gasteiger partial charge in [0.1, 0.15) is 18.1 Å². The molecule has 1 saturated heterocycles. The number of hydrogen-bond donors (Lipinski definition) is 2. The zero-order valence-corrected chi connectivity index (χ0v) is 15.2. The van der Waals surface area contributed by atoms with Crippen LogP contribution in [0.15, 0.2) is 47.4 Å². The highest BCUT2D eigenvalue weighted by atomic mass is 35.5. The molecule has 0 spiro atoms. The van der Waals surface area contributed by atoms with Gasteiger partial charge in [0.2, 0.25) is 5.91 Å². The Bertz CT molecular complexity index is 962. The Hall–Kier alpha value is -2.84. The van der Waals surface area contributed by atoms with Gasteiger partial charge >= 0.3 is 0 Å². The van der Waals surface area contributed by atoms with Crippen molar-refractivity contribution in [2.45, 2.75) is 0 Å². The van der Waals surface area contributed by atoms with Crippen molar-refractivity contribution in [2.75, 3.05) is 11.9 Å². The molecule has 0 atom stereocenters. The van der Waals surface area contributed by atoms with Gasteiger partial charge in [0.25, 0.3) is 11.1 Å². The summed E-state index contributed by atoms with van der Waals surface area (Å²) < 4.78 is 13.1. The fourth-order valence-corrected chi connectivity index (χ4v) is 3.30. The van der Waals surface area contributed by atoms with E-state index < -0.39 is 29.4 Å². The number of nitrogens with one attached hydrogen (secondary N) is 1. The Morgan fingerprint density at radius 1 is 1.22 bits per heavy atom. The molecule has 1 heterocycles. The summed E-state index contributed by atoms with van der Waals surface area (Å²) in [7, 11) is 0. The molecule has 0 unspecified atom stereocenters. The number of phenolic OH excluding ortho intramolecular Hbond substituents is 1. The summed E-state index contributed by atoms with van der Waals surface area (Å²) in [6, 6.07) is 9.74. The Balaban J connectivity index is 1.68. The van der Waals surface area contributed by atoms with E-state index in [-0.39, 0.29) is 21.4 Å².